The number of carbonyl (C=O) groups is 1. The molecule has 3 rings (SSSR count). The lowest BCUT2D eigenvalue weighted by Crippen LogP contribution is -2.50. The van der Waals surface area contributed by atoms with E-state index in [1.54, 1.807) is 24.8 Å². The maximum Gasteiger partial charge on any atom is 0.259 e. The van der Waals surface area contributed by atoms with Gasteiger partial charge in [0.2, 0.25) is 0 Å². The highest BCUT2D eigenvalue weighted by Crippen LogP contribution is 2.28. The number of sulfonamides is 1. The number of carbonyl (C=O) groups excluding carboxylic acids is 1. The van der Waals surface area contributed by atoms with Crippen molar-refractivity contribution in [2.24, 2.45) is 0 Å². The SMILES string of the molecule is Cc1noc(C)c1C(=O)N1CCN(S(=O)(=O)c2ccc(Cl)s2)CC1. The molecule has 2 aromatic rings. The molecule has 1 saturated heterocycles. The Balaban J connectivity index is 1.71. The largest absolute Gasteiger partial charge is 0.361 e. The van der Waals surface area contributed by atoms with Gasteiger partial charge in [0.15, 0.2) is 0 Å². The number of halogens is 1. The minimum atomic E-state index is -3.56. The van der Waals surface area contributed by atoms with Gasteiger partial charge in [0, 0.05) is 26.2 Å². The van der Waals surface area contributed by atoms with E-state index in [0.717, 1.165) is 11.3 Å². The molecule has 0 spiro atoms. The minimum absolute atomic E-state index is 0.178. The molecule has 130 valence electrons. The molecule has 1 fully saturated rings. The summed E-state index contributed by atoms with van der Waals surface area (Å²) in [5, 5.41) is 3.79. The fourth-order valence-corrected chi connectivity index (χ4v) is 5.70. The van der Waals surface area contributed by atoms with E-state index in [4.69, 9.17) is 16.1 Å². The molecule has 0 aromatic carbocycles. The molecule has 1 aliphatic heterocycles. The Labute approximate surface area is 148 Å². The molecule has 0 N–H and O–H groups in total. The molecular formula is C14H16ClN3O4S2. The van der Waals surface area contributed by atoms with E-state index in [1.165, 1.54) is 10.4 Å². The number of hydrogen-bond donors (Lipinski definition) is 0. The molecule has 0 bridgehead atoms. The van der Waals surface area contributed by atoms with Crippen LogP contribution in [0, 0.1) is 13.8 Å². The Morgan fingerprint density at radius 3 is 2.42 bits per heavy atom. The van der Waals surface area contributed by atoms with Crippen molar-refractivity contribution < 1.29 is 17.7 Å². The molecule has 2 aromatic heterocycles. The summed E-state index contributed by atoms with van der Waals surface area (Å²) in [7, 11) is -3.56. The maximum atomic E-state index is 12.6. The molecule has 24 heavy (non-hydrogen) atoms. The number of hydrogen-bond acceptors (Lipinski definition) is 6. The fraction of sp³-hybridized carbons (Fsp3) is 0.429. The summed E-state index contributed by atoms with van der Waals surface area (Å²) in [4.78, 5) is 14.2. The second-order valence-electron chi connectivity index (χ2n) is 5.45. The highest BCUT2D eigenvalue weighted by molar-refractivity contribution is 7.91. The van der Waals surface area contributed by atoms with Crippen LogP contribution in [0.2, 0.25) is 4.34 Å². The quantitative estimate of drug-likeness (QED) is 0.803. The van der Waals surface area contributed by atoms with Crippen LogP contribution in [0.25, 0.3) is 0 Å². The lowest BCUT2D eigenvalue weighted by Gasteiger charge is -2.33. The first-order chi connectivity index (χ1) is 11.3. The summed E-state index contributed by atoms with van der Waals surface area (Å²) < 4.78 is 32.2. The summed E-state index contributed by atoms with van der Waals surface area (Å²) in [6, 6.07) is 3.07. The maximum absolute atomic E-state index is 12.6. The van der Waals surface area contributed by atoms with Crippen LogP contribution in [0.1, 0.15) is 21.8 Å². The lowest BCUT2D eigenvalue weighted by molar-refractivity contribution is 0.0695. The van der Waals surface area contributed by atoms with E-state index in [2.05, 4.69) is 5.16 Å². The first-order valence-corrected chi connectivity index (χ1v) is 9.92. The second-order valence-corrected chi connectivity index (χ2v) is 9.33. The summed E-state index contributed by atoms with van der Waals surface area (Å²) in [6.07, 6.45) is 0. The number of aromatic nitrogens is 1. The first-order valence-electron chi connectivity index (χ1n) is 7.28. The predicted octanol–water partition coefficient (Wildman–Crippen LogP) is 2.15. The van der Waals surface area contributed by atoms with Crippen LogP contribution in [0.4, 0.5) is 0 Å². The van der Waals surface area contributed by atoms with Gasteiger partial charge in [-0.05, 0) is 26.0 Å². The summed E-state index contributed by atoms with van der Waals surface area (Å²) >= 11 is 6.86. The lowest BCUT2D eigenvalue weighted by atomic mass is 10.1. The standard InChI is InChI=1S/C14H16ClN3O4S2/c1-9-13(10(2)22-16-9)14(19)17-5-7-18(8-6-17)24(20,21)12-4-3-11(15)23-12/h3-4H,5-8H2,1-2H3. The number of nitrogens with zero attached hydrogens (tertiary/aromatic N) is 3. The third kappa shape index (κ3) is 3.08. The Morgan fingerprint density at radius 2 is 1.92 bits per heavy atom. The van der Waals surface area contributed by atoms with Crippen LogP contribution in [-0.4, -0.2) is 54.9 Å². The molecular weight excluding hydrogens is 374 g/mol. The summed E-state index contributed by atoms with van der Waals surface area (Å²) in [6.45, 7) is 4.53. The zero-order valence-corrected chi connectivity index (χ0v) is 15.5. The third-order valence-electron chi connectivity index (χ3n) is 3.92. The summed E-state index contributed by atoms with van der Waals surface area (Å²) in [5.41, 5.74) is 0.997. The minimum Gasteiger partial charge on any atom is -0.361 e. The van der Waals surface area contributed by atoms with Gasteiger partial charge in [0.1, 0.15) is 15.5 Å². The average molecular weight is 390 g/mol. The molecule has 0 saturated carbocycles. The Hall–Kier alpha value is -1.42. The molecule has 1 aliphatic rings. The monoisotopic (exact) mass is 389 g/mol. The van der Waals surface area contributed by atoms with Crippen molar-refractivity contribution in [3.05, 3.63) is 33.5 Å². The van der Waals surface area contributed by atoms with E-state index in [0.29, 0.717) is 34.4 Å². The van der Waals surface area contributed by atoms with E-state index < -0.39 is 10.0 Å². The van der Waals surface area contributed by atoms with Crippen LogP contribution in [-0.2, 0) is 10.0 Å². The van der Waals surface area contributed by atoms with Gasteiger partial charge < -0.3 is 9.42 Å². The van der Waals surface area contributed by atoms with Crippen LogP contribution < -0.4 is 0 Å². The van der Waals surface area contributed by atoms with Crippen LogP contribution in [0.3, 0.4) is 0 Å². The van der Waals surface area contributed by atoms with Crippen molar-refractivity contribution in [3.8, 4) is 0 Å². The van der Waals surface area contributed by atoms with Gasteiger partial charge in [-0.15, -0.1) is 11.3 Å². The highest BCUT2D eigenvalue weighted by Gasteiger charge is 2.32. The Kier molecular flexibility index (Phi) is 4.69. The van der Waals surface area contributed by atoms with Gasteiger partial charge in [-0.2, -0.15) is 4.31 Å². The normalized spacial score (nSPS) is 16.5. The molecule has 0 radical (unpaired) electrons. The zero-order chi connectivity index (χ0) is 17.5. The van der Waals surface area contributed by atoms with Crippen LogP contribution in [0.15, 0.2) is 20.9 Å². The van der Waals surface area contributed by atoms with Crippen molar-refractivity contribution in [2.45, 2.75) is 18.1 Å². The van der Waals surface area contributed by atoms with Gasteiger partial charge in [-0.25, -0.2) is 8.42 Å². The fourth-order valence-electron chi connectivity index (χ4n) is 2.64. The van der Waals surface area contributed by atoms with Crippen molar-refractivity contribution in [1.29, 1.82) is 0 Å². The predicted molar refractivity (Wildman–Crippen MR) is 90.0 cm³/mol. The number of aryl methyl sites for hydroxylation is 2. The third-order valence-corrected chi connectivity index (χ3v) is 7.51. The van der Waals surface area contributed by atoms with Crippen molar-refractivity contribution in [3.63, 3.8) is 0 Å². The summed E-state index contributed by atoms with van der Waals surface area (Å²) in [5.74, 6) is 0.295. The van der Waals surface area contributed by atoms with Crippen LogP contribution in [0.5, 0.6) is 0 Å². The van der Waals surface area contributed by atoms with Gasteiger partial charge in [-0.3, -0.25) is 4.79 Å². The molecule has 7 nitrogen and oxygen atoms in total. The smallest absolute Gasteiger partial charge is 0.259 e. The van der Waals surface area contributed by atoms with Crippen LogP contribution >= 0.6 is 22.9 Å². The molecule has 0 atom stereocenters. The van der Waals surface area contributed by atoms with Gasteiger partial charge in [-0.1, -0.05) is 16.8 Å². The van der Waals surface area contributed by atoms with Crippen molar-refractivity contribution in [2.75, 3.05) is 26.2 Å². The van der Waals surface area contributed by atoms with E-state index in [-0.39, 0.29) is 23.2 Å². The molecule has 3 heterocycles. The zero-order valence-electron chi connectivity index (χ0n) is 13.2. The van der Waals surface area contributed by atoms with Crippen molar-refractivity contribution >= 4 is 38.9 Å². The second kappa shape index (κ2) is 6.47. The van der Waals surface area contributed by atoms with Gasteiger partial charge >= 0.3 is 0 Å². The molecule has 0 unspecified atom stereocenters. The number of rotatable bonds is 3. The number of piperazine rings is 1. The molecule has 0 aliphatic carbocycles. The molecule has 1 amide bonds. The average Bonchev–Trinajstić information content (AvgIpc) is 3.13. The van der Waals surface area contributed by atoms with E-state index in [9.17, 15) is 13.2 Å². The topological polar surface area (TPSA) is 83.7 Å². The van der Waals surface area contributed by atoms with E-state index in [1.807, 2.05) is 0 Å². The van der Waals surface area contributed by atoms with E-state index >= 15 is 0 Å². The van der Waals surface area contributed by atoms with Gasteiger partial charge in [0.05, 0.1) is 10.0 Å². The van der Waals surface area contributed by atoms with Crippen molar-refractivity contribution in [1.82, 2.24) is 14.4 Å². The Bertz CT molecular complexity index is 847. The molecule has 10 heteroatoms. The van der Waals surface area contributed by atoms with Gasteiger partial charge in [0.25, 0.3) is 15.9 Å². The Morgan fingerprint density at radius 1 is 1.25 bits per heavy atom. The highest BCUT2D eigenvalue weighted by atomic mass is 35.5. The number of amides is 1. The first kappa shape index (κ1) is 17.4. The number of thiophene rings is 1.